The summed E-state index contributed by atoms with van der Waals surface area (Å²) in [5.41, 5.74) is 1.01. The first kappa shape index (κ1) is 21.4. The van der Waals surface area contributed by atoms with Crippen molar-refractivity contribution in [1.29, 1.82) is 0 Å². The number of hydrogen-bond donors (Lipinski definition) is 1. The maximum absolute atomic E-state index is 13.0. The molecule has 2 saturated heterocycles. The van der Waals surface area contributed by atoms with Crippen LogP contribution in [0.2, 0.25) is 0 Å². The highest BCUT2D eigenvalue weighted by atomic mass is 16.2. The molecule has 1 aliphatic carbocycles. The van der Waals surface area contributed by atoms with E-state index in [0.717, 1.165) is 50.3 Å². The Labute approximate surface area is 181 Å². The number of nitrogens with one attached hydrogen (secondary N) is 1. The van der Waals surface area contributed by atoms with Crippen LogP contribution < -0.4 is 5.32 Å². The fourth-order valence-corrected chi connectivity index (χ4v) is 5.50. The lowest BCUT2D eigenvalue weighted by molar-refractivity contribution is -0.138. The van der Waals surface area contributed by atoms with E-state index in [0.29, 0.717) is 13.0 Å². The maximum atomic E-state index is 13.0. The summed E-state index contributed by atoms with van der Waals surface area (Å²) in [6, 6.07) is 9.79. The molecule has 1 aromatic carbocycles. The van der Waals surface area contributed by atoms with Crippen LogP contribution in [0.1, 0.15) is 63.4 Å². The summed E-state index contributed by atoms with van der Waals surface area (Å²) in [5.74, 6) is 1.01. The van der Waals surface area contributed by atoms with Gasteiger partial charge in [-0.1, -0.05) is 49.6 Å². The van der Waals surface area contributed by atoms with E-state index in [4.69, 9.17) is 0 Å². The maximum Gasteiger partial charge on any atom is 0.243 e. The van der Waals surface area contributed by atoms with Crippen LogP contribution in [0.3, 0.4) is 0 Å². The van der Waals surface area contributed by atoms with Crippen LogP contribution in [0.25, 0.3) is 0 Å². The van der Waals surface area contributed by atoms with E-state index in [2.05, 4.69) is 10.2 Å². The summed E-state index contributed by atoms with van der Waals surface area (Å²) in [7, 11) is 0. The number of piperidine rings is 1. The largest absolute Gasteiger partial charge is 0.351 e. The molecule has 5 heteroatoms. The van der Waals surface area contributed by atoms with Gasteiger partial charge in [-0.25, -0.2) is 0 Å². The van der Waals surface area contributed by atoms with Crippen LogP contribution in [0.15, 0.2) is 30.3 Å². The third-order valence-corrected chi connectivity index (χ3v) is 7.25. The molecule has 5 nitrogen and oxygen atoms in total. The SMILES string of the molecule is O=C(NC1CCN(CC2CCCCC2)CC1)C1CCCN1C(=O)Cc1ccccc1. The number of amides is 2. The first-order valence-electron chi connectivity index (χ1n) is 12.0. The molecule has 2 amide bonds. The van der Waals surface area contributed by atoms with Crippen molar-refractivity contribution in [2.75, 3.05) is 26.2 Å². The highest BCUT2D eigenvalue weighted by molar-refractivity contribution is 5.89. The van der Waals surface area contributed by atoms with E-state index < -0.39 is 0 Å². The standard InChI is InChI=1S/C25H37N3O2/c29-24(18-20-8-3-1-4-9-20)28-15-7-12-23(28)25(30)26-22-13-16-27(17-14-22)19-21-10-5-2-6-11-21/h1,3-4,8-9,21-23H,2,5-7,10-19H2,(H,26,30). The van der Waals surface area contributed by atoms with Gasteiger partial charge in [0.1, 0.15) is 6.04 Å². The average Bonchev–Trinajstić information content (AvgIpc) is 3.27. The molecule has 4 rings (SSSR count). The lowest BCUT2D eigenvalue weighted by atomic mass is 9.88. The summed E-state index contributed by atoms with van der Waals surface area (Å²) in [4.78, 5) is 30.2. The van der Waals surface area contributed by atoms with Crippen molar-refractivity contribution in [2.45, 2.75) is 76.3 Å². The third kappa shape index (κ3) is 5.63. The van der Waals surface area contributed by atoms with E-state index >= 15 is 0 Å². The minimum atomic E-state index is -0.290. The van der Waals surface area contributed by atoms with Crippen molar-refractivity contribution in [1.82, 2.24) is 15.1 Å². The fraction of sp³-hybridized carbons (Fsp3) is 0.680. The number of rotatable bonds is 6. The summed E-state index contributed by atoms with van der Waals surface area (Å²) in [6.45, 7) is 4.11. The lowest BCUT2D eigenvalue weighted by Crippen LogP contribution is -2.52. The van der Waals surface area contributed by atoms with Crippen LogP contribution in [0.4, 0.5) is 0 Å². The smallest absolute Gasteiger partial charge is 0.243 e. The van der Waals surface area contributed by atoms with Gasteiger partial charge in [0, 0.05) is 32.2 Å². The van der Waals surface area contributed by atoms with Crippen LogP contribution in [-0.2, 0) is 16.0 Å². The molecular weight excluding hydrogens is 374 g/mol. The molecule has 0 bridgehead atoms. The second-order valence-electron chi connectivity index (χ2n) is 9.50. The molecule has 0 aromatic heterocycles. The Kier molecular flexibility index (Phi) is 7.42. The van der Waals surface area contributed by atoms with E-state index in [-0.39, 0.29) is 23.9 Å². The zero-order chi connectivity index (χ0) is 20.8. The number of carbonyl (C=O) groups excluding carboxylic acids is 2. The van der Waals surface area contributed by atoms with Crippen molar-refractivity contribution in [3.63, 3.8) is 0 Å². The van der Waals surface area contributed by atoms with Gasteiger partial charge in [0.2, 0.25) is 11.8 Å². The number of hydrogen-bond acceptors (Lipinski definition) is 3. The normalized spacial score (nSPS) is 24.1. The second kappa shape index (κ2) is 10.4. The molecule has 0 radical (unpaired) electrons. The molecule has 1 saturated carbocycles. The predicted octanol–water partition coefficient (Wildman–Crippen LogP) is 3.38. The average molecular weight is 412 g/mol. The number of carbonyl (C=O) groups is 2. The third-order valence-electron chi connectivity index (χ3n) is 7.25. The van der Waals surface area contributed by atoms with Gasteiger partial charge in [-0.2, -0.15) is 0 Å². The lowest BCUT2D eigenvalue weighted by Gasteiger charge is -2.36. The number of nitrogens with zero attached hydrogens (tertiary/aromatic N) is 2. The van der Waals surface area contributed by atoms with Gasteiger partial charge >= 0.3 is 0 Å². The van der Waals surface area contributed by atoms with E-state index in [1.165, 1.54) is 38.6 Å². The Bertz CT molecular complexity index is 694. The monoisotopic (exact) mass is 411 g/mol. The van der Waals surface area contributed by atoms with Crippen LogP contribution >= 0.6 is 0 Å². The number of benzene rings is 1. The zero-order valence-corrected chi connectivity index (χ0v) is 18.2. The Morgan fingerprint density at radius 2 is 1.60 bits per heavy atom. The second-order valence-corrected chi connectivity index (χ2v) is 9.50. The van der Waals surface area contributed by atoms with Crippen molar-refractivity contribution in [3.05, 3.63) is 35.9 Å². The molecule has 1 unspecified atom stereocenters. The Morgan fingerprint density at radius 3 is 2.33 bits per heavy atom. The minimum absolute atomic E-state index is 0.0552. The van der Waals surface area contributed by atoms with E-state index in [1.54, 1.807) is 4.90 Å². The molecule has 1 N–H and O–H groups in total. The molecular formula is C25H37N3O2. The van der Waals surface area contributed by atoms with Gasteiger partial charge in [-0.3, -0.25) is 9.59 Å². The van der Waals surface area contributed by atoms with Crippen molar-refractivity contribution in [3.8, 4) is 0 Å². The van der Waals surface area contributed by atoms with Crippen molar-refractivity contribution >= 4 is 11.8 Å². The topological polar surface area (TPSA) is 52.7 Å². The molecule has 1 atom stereocenters. The molecule has 2 aliphatic heterocycles. The molecule has 2 heterocycles. The molecule has 164 valence electrons. The molecule has 1 aromatic rings. The quantitative estimate of drug-likeness (QED) is 0.781. The Balaban J connectivity index is 1.23. The molecule has 3 fully saturated rings. The fourth-order valence-electron chi connectivity index (χ4n) is 5.50. The van der Waals surface area contributed by atoms with Gasteiger partial charge < -0.3 is 15.1 Å². The number of likely N-dealkylation sites (tertiary alicyclic amines) is 2. The molecule has 30 heavy (non-hydrogen) atoms. The van der Waals surface area contributed by atoms with E-state index in [1.807, 2.05) is 30.3 Å². The van der Waals surface area contributed by atoms with Gasteiger partial charge in [-0.15, -0.1) is 0 Å². The van der Waals surface area contributed by atoms with Gasteiger partial charge in [-0.05, 0) is 50.0 Å². The summed E-state index contributed by atoms with van der Waals surface area (Å²) in [5, 5.41) is 3.27. The molecule has 3 aliphatic rings. The Morgan fingerprint density at radius 1 is 0.867 bits per heavy atom. The van der Waals surface area contributed by atoms with Crippen LogP contribution in [0.5, 0.6) is 0 Å². The highest BCUT2D eigenvalue weighted by Gasteiger charge is 2.35. The summed E-state index contributed by atoms with van der Waals surface area (Å²) in [6.07, 6.45) is 11.1. The predicted molar refractivity (Wildman–Crippen MR) is 119 cm³/mol. The van der Waals surface area contributed by atoms with Crippen LogP contribution in [-0.4, -0.2) is 59.9 Å². The highest BCUT2D eigenvalue weighted by Crippen LogP contribution is 2.26. The van der Waals surface area contributed by atoms with Gasteiger partial charge in [0.05, 0.1) is 6.42 Å². The minimum Gasteiger partial charge on any atom is -0.351 e. The summed E-state index contributed by atoms with van der Waals surface area (Å²) >= 11 is 0. The first-order chi connectivity index (χ1) is 14.7. The first-order valence-corrected chi connectivity index (χ1v) is 12.0. The van der Waals surface area contributed by atoms with Gasteiger partial charge in [0.25, 0.3) is 0 Å². The molecule has 0 spiro atoms. The van der Waals surface area contributed by atoms with Crippen LogP contribution in [0, 0.1) is 5.92 Å². The van der Waals surface area contributed by atoms with Crippen molar-refractivity contribution in [2.24, 2.45) is 5.92 Å². The Hall–Kier alpha value is -1.88. The van der Waals surface area contributed by atoms with E-state index in [9.17, 15) is 9.59 Å². The zero-order valence-electron chi connectivity index (χ0n) is 18.2. The van der Waals surface area contributed by atoms with Crippen molar-refractivity contribution < 1.29 is 9.59 Å². The van der Waals surface area contributed by atoms with Gasteiger partial charge in [0.15, 0.2) is 0 Å². The summed E-state index contributed by atoms with van der Waals surface area (Å²) < 4.78 is 0.